The van der Waals surface area contributed by atoms with E-state index in [1.807, 2.05) is 42.1 Å². The zero-order valence-corrected chi connectivity index (χ0v) is 16.4. The van der Waals surface area contributed by atoms with Crippen LogP contribution in [0, 0.1) is 0 Å². The summed E-state index contributed by atoms with van der Waals surface area (Å²) in [6.07, 6.45) is 1.89. The number of carbonyl (C=O) groups is 1. The Hall–Kier alpha value is -1.68. The lowest BCUT2D eigenvalue weighted by Crippen LogP contribution is -2.42. The molecule has 0 aliphatic rings. The molecule has 0 fully saturated rings. The summed E-state index contributed by atoms with van der Waals surface area (Å²) in [5, 5.41) is 10.4. The number of hydrogen-bond donors (Lipinski definition) is 2. The Labute approximate surface area is 157 Å². The number of thiophene rings is 1. The van der Waals surface area contributed by atoms with Crippen molar-refractivity contribution in [2.24, 2.45) is 7.05 Å². The Morgan fingerprint density at radius 2 is 2.04 bits per heavy atom. The number of aliphatic carboxylic acids is 1. The first-order valence-electron chi connectivity index (χ1n) is 7.31. The number of carboxylic acid groups (broad SMARTS) is 1. The molecule has 0 saturated carbocycles. The highest BCUT2D eigenvalue weighted by Gasteiger charge is 2.27. The number of nitrogens with zero attached hydrogens (tertiary/aromatic N) is 1. The molecule has 0 radical (unpaired) electrons. The van der Waals surface area contributed by atoms with Crippen LogP contribution in [0.4, 0.5) is 0 Å². The fraction of sp³-hybridized carbons (Fsp3) is 0.188. The highest BCUT2D eigenvalue weighted by Crippen LogP contribution is 2.27. The van der Waals surface area contributed by atoms with Gasteiger partial charge >= 0.3 is 5.97 Å². The zero-order valence-electron chi connectivity index (χ0n) is 13.1. The number of fused-ring (bicyclic) bond motifs is 1. The quantitative estimate of drug-likeness (QED) is 0.613. The van der Waals surface area contributed by atoms with Crippen molar-refractivity contribution in [3.63, 3.8) is 0 Å². The first kappa shape index (κ1) is 18.1. The van der Waals surface area contributed by atoms with Crippen LogP contribution in [0.1, 0.15) is 5.56 Å². The maximum atomic E-state index is 12.4. The predicted octanol–water partition coefficient (Wildman–Crippen LogP) is 2.98. The van der Waals surface area contributed by atoms with Gasteiger partial charge in [0.1, 0.15) is 10.3 Å². The van der Waals surface area contributed by atoms with Crippen molar-refractivity contribution < 1.29 is 18.3 Å². The number of rotatable bonds is 6. The van der Waals surface area contributed by atoms with E-state index in [2.05, 4.69) is 20.7 Å². The molecule has 6 nitrogen and oxygen atoms in total. The molecule has 25 heavy (non-hydrogen) atoms. The number of aryl methyl sites for hydroxylation is 1. The van der Waals surface area contributed by atoms with Gasteiger partial charge in [-0.1, -0.05) is 18.2 Å². The molecule has 132 valence electrons. The molecule has 2 heterocycles. The zero-order chi connectivity index (χ0) is 18.2. The second-order valence-corrected chi connectivity index (χ2v) is 9.96. The van der Waals surface area contributed by atoms with Crippen LogP contribution in [0.2, 0.25) is 0 Å². The van der Waals surface area contributed by atoms with Crippen LogP contribution in [0.5, 0.6) is 0 Å². The monoisotopic (exact) mass is 442 g/mol. The number of carboxylic acids is 1. The molecule has 3 aromatic rings. The van der Waals surface area contributed by atoms with E-state index >= 15 is 0 Å². The largest absolute Gasteiger partial charge is 0.480 e. The summed E-state index contributed by atoms with van der Waals surface area (Å²) in [6.45, 7) is 0. The minimum atomic E-state index is -3.90. The minimum absolute atomic E-state index is 0.0580. The second kappa shape index (κ2) is 6.91. The van der Waals surface area contributed by atoms with Crippen LogP contribution in [0.3, 0.4) is 0 Å². The lowest BCUT2D eigenvalue weighted by Gasteiger charge is -2.13. The fourth-order valence-electron chi connectivity index (χ4n) is 2.68. The number of nitrogens with one attached hydrogen (secondary N) is 1. The summed E-state index contributed by atoms with van der Waals surface area (Å²) in [6, 6.07) is 9.40. The molecular formula is C16H15BrN2O4S2. The van der Waals surface area contributed by atoms with Gasteiger partial charge in [-0.3, -0.25) is 4.79 Å². The summed E-state index contributed by atoms with van der Waals surface area (Å²) in [4.78, 5) is 11.6. The topological polar surface area (TPSA) is 88.4 Å². The van der Waals surface area contributed by atoms with Gasteiger partial charge in [0.05, 0.1) is 3.79 Å². The molecule has 9 heteroatoms. The van der Waals surface area contributed by atoms with Gasteiger partial charge in [0.2, 0.25) is 0 Å². The van der Waals surface area contributed by atoms with Crippen molar-refractivity contribution in [2.75, 3.05) is 0 Å². The van der Waals surface area contributed by atoms with Crippen LogP contribution < -0.4 is 4.72 Å². The van der Waals surface area contributed by atoms with E-state index in [1.165, 1.54) is 6.07 Å². The average Bonchev–Trinajstić information content (AvgIpc) is 3.12. The predicted molar refractivity (Wildman–Crippen MR) is 100 cm³/mol. The van der Waals surface area contributed by atoms with Crippen molar-refractivity contribution in [1.82, 2.24) is 9.29 Å². The molecule has 0 spiro atoms. The molecule has 2 aromatic heterocycles. The van der Waals surface area contributed by atoms with Crippen molar-refractivity contribution in [2.45, 2.75) is 16.7 Å². The molecule has 2 N–H and O–H groups in total. The second-order valence-electron chi connectivity index (χ2n) is 5.56. The van der Waals surface area contributed by atoms with Crippen molar-refractivity contribution in [3.8, 4) is 0 Å². The van der Waals surface area contributed by atoms with E-state index in [-0.39, 0.29) is 10.6 Å². The Bertz CT molecular complexity index is 1040. The van der Waals surface area contributed by atoms with Crippen LogP contribution in [0.15, 0.2) is 50.6 Å². The van der Waals surface area contributed by atoms with E-state index in [0.717, 1.165) is 27.8 Å². The van der Waals surface area contributed by atoms with Crippen LogP contribution in [-0.4, -0.2) is 30.1 Å². The van der Waals surface area contributed by atoms with Gasteiger partial charge < -0.3 is 9.67 Å². The highest BCUT2D eigenvalue weighted by molar-refractivity contribution is 9.11. The van der Waals surface area contributed by atoms with Gasteiger partial charge in [-0.15, -0.1) is 11.3 Å². The third kappa shape index (κ3) is 3.79. The van der Waals surface area contributed by atoms with Gasteiger partial charge in [0, 0.05) is 30.6 Å². The van der Waals surface area contributed by atoms with Gasteiger partial charge in [-0.05, 0) is 39.7 Å². The number of para-hydroxylation sites is 1. The van der Waals surface area contributed by atoms with Gasteiger partial charge in [-0.25, -0.2) is 8.42 Å². The molecule has 1 atom stereocenters. The Morgan fingerprint density at radius 1 is 1.32 bits per heavy atom. The normalized spacial score (nSPS) is 13.2. The average molecular weight is 443 g/mol. The molecule has 0 saturated heterocycles. The maximum absolute atomic E-state index is 12.4. The van der Waals surface area contributed by atoms with Crippen LogP contribution >= 0.6 is 27.3 Å². The van der Waals surface area contributed by atoms with E-state index < -0.39 is 22.0 Å². The fourth-order valence-corrected chi connectivity index (χ4v) is 5.89. The minimum Gasteiger partial charge on any atom is -0.480 e. The first-order chi connectivity index (χ1) is 11.8. The standard InChI is InChI=1S/C16H15BrN2O4S2/c1-19-9-10(11-4-2-3-5-13(11)19)8-12(16(20)21)18-25(22,23)15-7-6-14(17)24-15/h2-7,9,12,18H,8H2,1H3,(H,20,21). The van der Waals surface area contributed by atoms with Crippen molar-refractivity contribution in [3.05, 3.63) is 51.9 Å². The molecule has 1 unspecified atom stereocenters. The van der Waals surface area contributed by atoms with Gasteiger partial charge in [0.25, 0.3) is 10.0 Å². The molecule has 0 aliphatic carbocycles. The number of hydrogen-bond acceptors (Lipinski definition) is 4. The molecular weight excluding hydrogens is 428 g/mol. The number of aromatic nitrogens is 1. The van der Waals surface area contributed by atoms with Gasteiger partial charge in [0.15, 0.2) is 0 Å². The van der Waals surface area contributed by atoms with Crippen LogP contribution in [-0.2, 0) is 28.3 Å². The van der Waals surface area contributed by atoms with E-state index in [9.17, 15) is 18.3 Å². The SMILES string of the molecule is Cn1cc(CC(NS(=O)(=O)c2ccc(Br)s2)C(=O)O)c2ccccc21. The molecule has 0 bridgehead atoms. The summed E-state index contributed by atoms with van der Waals surface area (Å²) in [7, 11) is -2.03. The van der Waals surface area contributed by atoms with Crippen molar-refractivity contribution >= 4 is 54.2 Å². The molecule has 3 rings (SSSR count). The van der Waals surface area contributed by atoms with E-state index in [0.29, 0.717) is 3.79 Å². The van der Waals surface area contributed by atoms with E-state index in [1.54, 1.807) is 6.07 Å². The lowest BCUT2D eigenvalue weighted by atomic mass is 10.1. The Balaban J connectivity index is 1.90. The molecule has 1 aromatic carbocycles. The van der Waals surface area contributed by atoms with Gasteiger partial charge in [-0.2, -0.15) is 4.72 Å². The summed E-state index contributed by atoms with van der Waals surface area (Å²) in [5.74, 6) is -1.22. The first-order valence-corrected chi connectivity index (χ1v) is 10.4. The van der Waals surface area contributed by atoms with Crippen LogP contribution in [0.25, 0.3) is 10.9 Å². The Kier molecular flexibility index (Phi) is 5.01. The molecule has 0 amide bonds. The summed E-state index contributed by atoms with van der Waals surface area (Å²) < 4.78 is 29.8. The highest BCUT2D eigenvalue weighted by atomic mass is 79.9. The van der Waals surface area contributed by atoms with Crippen molar-refractivity contribution in [1.29, 1.82) is 0 Å². The van der Waals surface area contributed by atoms with E-state index in [4.69, 9.17) is 0 Å². The lowest BCUT2D eigenvalue weighted by molar-refractivity contribution is -0.138. The number of benzene rings is 1. The number of sulfonamides is 1. The summed E-state index contributed by atoms with van der Waals surface area (Å²) >= 11 is 4.24. The smallest absolute Gasteiger partial charge is 0.322 e. The third-order valence-corrected chi connectivity index (χ3v) is 7.40. The Morgan fingerprint density at radius 3 is 2.68 bits per heavy atom. The molecule has 0 aliphatic heterocycles. The summed E-state index contributed by atoms with van der Waals surface area (Å²) in [5.41, 5.74) is 1.74. The maximum Gasteiger partial charge on any atom is 0.322 e. The number of halogens is 1. The third-order valence-electron chi connectivity index (χ3n) is 3.81.